The summed E-state index contributed by atoms with van der Waals surface area (Å²) in [6.45, 7) is 3.88. The Kier molecular flexibility index (Phi) is 7.84. The minimum absolute atomic E-state index is 0.134. The van der Waals surface area contributed by atoms with Crippen LogP contribution < -0.4 is 15.4 Å². The van der Waals surface area contributed by atoms with E-state index < -0.39 is 0 Å². The van der Waals surface area contributed by atoms with Gasteiger partial charge in [0.15, 0.2) is 5.13 Å². The zero-order valence-electron chi connectivity index (χ0n) is 19.6. The van der Waals surface area contributed by atoms with Gasteiger partial charge >= 0.3 is 0 Å². The molecule has 4 aromatic rings. The molecule has 1 unspecified atom stereocenters. The van der Waals surface area contributed by atoms with Crippen molar-refractivity contribution < 1.29 is 14.3 Å². The van der Waals surface area contributed by atoms with Gasteiger partial charge in [-0.05, 0) is 50.2 Å². The van der Waals surface area contributed by atoms with Crippen molar-refractivity contribution in [1.29, 1.82) is 0 Å². The normalized spacial score (nSPS) is 11.5. The molecule has 6 nitrogen and oxygen atoms in total. The second kappa shape index (κ2) is 11.2. The number of aromatic nitrogens is 1. The van der Waals surface area contributed by atoms with E-state index in [9.17, 15) is 9.59 Å². The Morgan fingerprint density at radius 1 is 1.00 bits per heavy atom. The molecular formula is C27H25N3O3S2. The highest BCUT2D eigenvalue weighted by atomic mass is 32.2. The zero-order chi connectivity index (χ0) is 24.8. The Bertz CT molecular complexity index is 1340. The van der Waals surface area contributed by atoms with Crippen molar-refractivity contribution in [2.75, 3.05) is 17.7 Å². The summed E-state index contributed by atoms with van der Waals surface area (Å²) in [6.07, 6.45) is 0. The molecule has 35 heavy (non-hydrogen) atoms. The Balaban J connectivity index is 1.36. The number of rotatable bonds is 8. The average molecular weight is 504 g/mol. The highest BCUT2D eigenvalue weighted by Crippen LogP contribution is 2.29. The third kappa shape index (κ3) is 6.49. The maximum Gasteiger partial charge on any atom is 0.255 e. The summed E-state index contributed by atoms with van der Waals surface area (Å²) in [5.41, 5.74) is 4.20. The number of benzene rings is 3. The maximum absolute atomic E-state index is 12.8. The molecule has 0 bridgehead atoms. The van der Waals surface area contributed by atoms with Crippen LogP contribution in [0.2, 0.25) is 0 Å². The zero-order valence-corrected chi connectivity index (χ0v) is 21.2. The summed E-state index contributed by atoms with van der Waals surface area (Å²) in [5, 5.41) is 7.95. The standard InChI is InChI=1S/C27H25N3O3S2/c1-17-10-12-19(13-11-17)24-16-34-27(29-24)30-25(31)18(2)35-23-9-5-7-21(15-23)28-26(32)20-6-4-8-22(14-20)33-3/h4-16,18H,1-3H3,(H,28,32)(H,29,30,31). The first-order valence-electron chi connectivity index (χ1n) is 11.0. The van der Waals surface area contributed by atoms with Crippen molar-refractivity contribution in [2.24, 2.45) is 0 Å². The van der Waals surface area contributed by atoms with Gasteiger partial charge in [0.05, 0.1) is 18.1 Å². The predicted molar refractivity (Wildman–Crippen MR) is 144 cm³/mol. The number of nitrogens with one attached hydrogen (secondary N) is 2. The molecule has 2 amide bonds. The molecule has 0 saturated heterocycles. The highest BCUT2D eigenvalue weighted by molar-refractivity contribution is 8.00. The molecule has 1 heterocycles. The molecule has 0 aliphatic rings. The number of methoxy groups -OCH3 is 1. The summed E-state index contributed by atoms with van der Waals surface area (Å²) in [6, 6.07) is 22.5. The van der Waals surface area contributed by atoms with Crippen LogP contribution >= 0.6 is 23.1 Å². The van der Waals surface area contributed by atoms with E-state index in [1.807, 2.05) is 67.8 Å². The molecule has 8 heteroatoms. The van der Waals surface area contributed by atoms with E-state index in [4.69, 9.17) is 4.74 Å². The summed E-state index contributed by atoms with van der Waals surface area (Å²) in [7, 11) is 1.56. The summed E-state index contributed by atoms with van der Waals surface area (Å²) < 4.78 is 5.19. The van der Waals surface area contributed by atoms with E-state index in [0.717, 1.165) is 16.2 Å². The molecule has 3 aromatic carbocycles. The van der Waals surface area contributed by atoms with E-state index >= 15 is 0 Å². The summed E-state index contributed by atoms with van der Waals surface area (Å²) in [4.78, 5) is 30.8. The SMILES string of the molecule is COc1cccc(C(=O)Nc2cccc(SC(C)C(=O)Nc3nc(-c4ccc(C)cc4)cs3)c2)c1. The number of hydrogen-bond donors (Lipinski definition) is 2. The van der Waals surface area contributed by atoms with Gasteiger partial charge in [-0.3, -0.25) is 9.59 Å². The topological polar surface area (TPSA) is 80.3 Å². The summed E-state index contributed by atoms with van der Waals surface area (Å²) in [5.74, 6) is 0.253. The van der Waals surface area contributed by atoms with Crippen LogP contribution in [0.1, 0.15) is 22.8 Å². The van der Waals surface area contributed by atoms with Crippen LogP contribution in [0.25, 0.3) is 11.3 Å². The number of carbonyl (C=O) groups excluding carboxylic acids is 2. The van der Waals surface area contributed by atoms with Crippen molar-refractivity contribution in [1.82, 2.24) is 4.98 Å². The molecule has 0 spiro atoms. The van der Waals surface area contributed by atoms with E-state index in [0.29, 0.717) is 22.1 Å². The van der Waals surface area contributed by atoms with E-state index in [1.165, 1.54) is 28.7 Å². The van der Waals surface area contributed by atoms with Crippen molar-refractivity contribution in [3.8, 4) is 17.0 Å². The largest absolute Gasteiger partial charge is 0.497 e. The first-order valence-corrected chi connectivity index (χ1v) is 12.7. The first-order chi connectivity index (χ1) is 16.9. The lowest BCUT2D eigenvalue weighted by atomic mass is 10.1. The van der Waals surface area contributed by atoms with Gasteiger partial charge in [0.25, 0.3) is 5.91 Å². The molecule has 0 aliphatic carbocycles. The lowest BCUT2D eigenvalue weighted by Gasteiger charge is -2.12. The molecule has 2 N–H and O–H groups in total. The molecule has 4 rings (SSSR count). The molecule has 1 aromatic heterocycles. The Morgan fingerprint density at radius 3 is 2.54 bits per heavy atom. The molecular weight excluding hydrogens is 478 g/mol. The maximum atomic E-state index is 12.8. The second-order valence-corrected chi connectivity index (χ2v) is 10.1. The van der Waals surface area contributed by atoms with Crippen LogP contribution in [0, 0.1) is 6.92 Å². The number of ether oxygens (including phenoxy) is 1. The fourth-order valence-corrected chi connectivity index (χ4v) is 4.92. The fourth-order valence-electron chi connectivity index (χ4n) is 3.27. The fraction of sp³-hybridized carbons (Fsp3) is 0.148. The number of anilines is 2. The lowest BCUT2D eigenvalue weighted by Crippen LogP contribution is -2.22. The van der Waals surface area contributed by atoms with Gasteiger partial charge in [-0.15, -0.1) is 23.1 Å². The van der Waals surface area contributed by atoms with Crippen LogP contribution in [-0.4, -0.2) is 29.2 Å². The van der Waals surface area contributed by atoms with Gasteiger partial charge in [-0.1, -0.05) is 42.0 Å². The summed E-state index contributed by atoms with van der Waals surface area (Å²) >= 11 is 2.81. The van der Waals surface area contributed by atoms with Gasteiger partial charge in [0.1, 0.15) is 5.75 Å². The number of thioether (sulfide) groups is 1. The lowest BCUT2D eigenvalue weighted by molar-refractivity contribution is -0.115. The second-order valence-electron chi connectivity index (χ2n) is 7.87. The van der Waals surface area contributed by atoms with Crippen molar-refractivity contribution in [2.45, 2.75) is 24.0 Å². The minimum atomic E-state index is -0.355. The highest BCUT2D eigenvalue weighted by Gasteiger charge is 2.17. The Morgan fingerprint density at radius 2 is 1.77 bits per heavy atom. The van der Waals surface area contributed by atoms with E-state index in [1.54, 1.807) is 31.4 Å². The molecule has 0 fully saturated rings. The van der Waals surface area contributed by atoms with Gasteiger partial charge in [-0.25, -0.2) is 4.98 Å². The van der Waals surface area contributed by atoms with Gasteiger partial charge in [-0.2, -0.15) is 0 Å². The average Bonchev–Trinajstić information content (AvgIpc) is 3.33. The number of hydrogen-bond acceptors (Lipinski definition) is 6. The minimum Gasteiger partial charge on any atom is -0.497 e. The molecule has 0 radical (unpaired) electrons. The van der Waals surface area contributed by atoms with Crippen LogP contribution in [0.3, 0.4) is 0 Å². The third-order valence-corrected chi connectivity index (χ3v) is 7.04. The number of thiazole rings is 1. The Labute approximate surface area is 212 Å². The smallest absolute Gasteiger partial charge is 0.255 e. The van der Waals surface area contributed by atoms with Gasteiger partial charge < -0.3 is 15.4 Å². The van der Waals surface area contributed by atoms with Crippen molar-refractivity contribution >= 4 is 45.7 Å². The number of aryl methyl sites for hydroxylation is 1. The Hall–Kier alpha value is -3.62. The van der Waals surface area contributed by atoms with Crippen LogP contribution in [0.5, 0.6) is 5.75 Å². The van der Waals surface area contributed by atoms with Gasteiger partial charge in [0.2, 0.25) is 5.91 Å². The number of nitrogens with zero attached hydrogens (tertiary/aromatic N) is 1. The predicted octanol–water partition coefficient (Wildman–Crippen LogP) is 6.50. The number of amides is 2. The van der Waals surface area contributed by atoms with Crippen LogP contribution in [-0.2, 0) is 4.79 Å². The van der Waals surface area contributed by atoms with Gasteiger partial charge in [0, 0.05) is 27.1 Å². The molecule has 0 saturated carbocycles. The quantitative estimate of drug-likeness (QED) is 0.268. The first kappa shape index (κ1) is 24.5. The van der Waals surface area contributed by atoms with E-state index in [2.05, 4.69) is 15.6 Å². The molecule has 1 atom stereocenters. The third-order valence-electron chi connectivity index (χ3n) is 5.19. The van der Waals surface area contributed by atoms with E-state index in [-0.39, 0.29) is 17.1 Å². The molecule has 178 valence electrons. The van der Waals surface area contributed by atoms with Crippen LogP contribution in [0.15, 0.2) is 83.1 Å². The van der Waals surface area contributed by atoms with Crippen molar-refractivity contribution in [3.63, 3.8) is 0 Å². The van der Waals surface area contributed by atoms with Crippen LogP contribution in [0.4, 0.5) is 10.8 Å². The molecule has 0 aliphatic heterocycles. The number of carbonyl (C=O) groups is 2. The van der Waals surface area contributed by atoms with Crippen molar-refractivity contribution in [3.05, 3.63) is 89.3 Å². The monoisotopic (exact) mass is 503 g/mol.